The molecule has 1 saturated carbocycles. The number of ether oxygens (including phenoxy) is 1. The number of halogens is 3. The van der Waals surface area contributed by atoms with Crippen LogP contribution in [0, 0.1) is 11.8 Å². The Morgan fingerprint density at radius 3 is 2.24 bits per heavy atom. The number of nitrogens with one attached hydrogen (secondary N) is 6. The predicted molar refractivity (Wildman–Crippen MR) is 223 cm³/mol. The Balaban J connectivity index is 0.000000985. The second-order valence-corrected chi connectivity index (χ2v) is 16.8. The van der Waals surface area contributed by atoms with Crippen molar-refractivity contribution in [3.8, 4) is 11.4 Å². The summed E-state index contributed by atoms with van der Waals surface area (Å²) in [5, 5.41) is 46.3. The number of carbonyl (C=O) groups excluding carboxylic acids is 3. The summed E-state index contributed by atoms with van der Waals surface area (Å²) in [5.41, 5.74) is 3.05. The molecule has 2 fully saturated rings. The molecule has 1 aromatic heterocycles. The van der Waals surface area contributed by atoms with E-state index in [2.05, 4.69) is 66.3 Å². The molecule has 2 aromatic carbocycles. The normalized spacial score (nSPS) is 21.6. The lowest BCUT2D eigenvalue weighted by atomic mass is 9.79. The topological polar surface area (TPSA) is 253 Å². The standard InChI is InChI=1S/C40H52N10O6.C2HF3O2/c1-39(2,3)56-37(53)43-23-26-5-9-28(10-6-26)35(51)45-31(36(52)44-30-15-11-27(12-16-30)34-46-48-49-47-34)21-25-7-13-29(14-8-25)40(4)17-18-41-32(22-40)33-24-50(38(54)55)20-19-42-33;3-2(4,5)1(6)7/h7-8,11-18,22,26,28,31,33,41-42H,5-6,9-10,19-21,23-24H2,1-4H3,(H,43,53)(H,44,52)(H,45,51)(H,54,55)(H,46,47,48,49);(H,6,7)/t26-,28-,31-,33?,40?;/m0./s1. The fraction of sp³-hybridized carbons (Fsp3) is 0.476. The Morgan fingerprint density at radius 1 is 0.984 bits per heavy atom. The molecule has 1 aliphatic carbocycles. The van der Waals surface area contributed by atoms with E-state index in [9.17, 15) is 37.5 Å². The molecule has 3 heterocycles. The van der Waals surface area contributed by atoms with Crippen molar-refractivity contribution in [1.29, 1.82) is 0 Å². The molecule has 0 bridgehead atoms. The highest BCUT2D eigenvalue weighted by molar-refractivity contribution is 5.97. The van der Waals surface area contributed by atoms with E-state index in [1.807, 2.05) is 51.2 Å². The molecule has 4 amide bonds. The number of benzene rings is 2. The lowest BCUT2D eigenvalue weighted by Gasteiger charge is -2.36. The van der Waals surface area contributed by atoms with Gasteiger partial charge in [-0.15, -0.1) is 10.2 Å². The smallest absolute Gasteiger partial charge is 0.475 e. The molecule has 2 unspecified atom stereocenters. The van der Waals surface area contributed by atoms with Gasteiger partial charge in [0.05, 0.1) is 6.04 Å². The second-order valence-electron chi connectivity index (χ2n) is 16.8. The van der Waals surface area contributed by atoms with Gasteiger partial charge in [-0.3, -0.25) is 9.59 Å². The van der Waals surface area contributed by atoms with Gasteiger partial charge in [0, 0.05) is 60.9 Å². The zero-order chi connectivity index (χ0) is 46.0. The quantitative estimate of drug-likeness (QED) is 0.130. The summed E-state index contributed by atoms with van der Waals surface area (Å²) in [6.07, 6.45) is 2.71. The van der Waals surface area contributed by atoms with E-state index in [4.69, 9.17) is 14.6 Å². The first-order chi connectivity index (χ1) is 29.7. The highest BCUT2D eigenvalue weighted by Gasteiger charge is 2.38. The first kappa shape index (κ1) is 47.5. The molecule has 6 rings (SSSR count). The fourth-order valence-electron chi connectivity index (χ4n) is 7.36. The van der Waals surface area contributed by atoms with Gasteiger partial charge in [-0.2, -0.15) is 18.4 Å². The number of hydrogen-bond acceptors (Lipinski definition) is 11. The van der Waals surface area contributed by atoms with Crippen LogP contribution in [0.1, 0.15) is 64.5 Å². The zero-order valence-electron chi connectivity index (χ0n) is 35.3. The van der Waals surface area contributed by atoms with Gasteiger partial charge in [0.2, 0.25) is 17.6 Å². The molecule has 0 spiro atoms. The number of carboxylic acid groups (broad SMARTS) is 2. The molecule has 21 heteroatoms. The van der Waals surface area contributed by atoms with Crippen molar-refractivity contribution in [3.05, 3.63) is 83.7 Å². The van der Waals surface area contributed by atoms with E-state index >= 15 is 0 Å². The predicted octanol–water partition coefficient (Wildman–Crippen LogP) is 4.71. The van der Waals surface area contributed by atoms with Gasteiger partial charge in [-0.1, -0.05) is 30.3 Å². The van der Waals surface area contributed by atoms with Crippen molar-refractivity contribution in [2.45, 2.75) is 89.1 Å². The van der Waals surface area contributed by atoms with E-state index in [1.165, 1.54) is 4.90 Å². The Morgan fingerprint density at radius 2 is 1.65 bits per heavy atom. The maximum atomic E-state index is 13.9. The largest absolute Gasteiger partial charge is 0.490 e. The number of aliphatic carboxylic acids is 1. The van der Waals surface area contributed by atoms with Crippen LogP contribution in [0.3, 0.4) is 0 Å². The fourth-order valence-corrected chi connectivity index (χ4v) is 7.36. The minimum Gasteiger partial charge on any atom is -0.475 e. The Labute approximate surface area is 361 Å². The molecular weight excluding hydrogens is 830 g/mol. The van der Waals surface area contributed by atoms with Crippen LogP contribution < -0.4 is 26.6 Å². The molecule has 3 aromatic rings. The third kappa shape index (κ3) is 14.0. The van der Waals surface area contributed by atoms with Gasteiger partial charge in [-0.25, -0.2) is 14.4 Å². The third-order valence-corrected chi connectivity index (χ3v) is 10.8. The number of rotatable bonds is 11. The van der Waals surface area contributed by atoms with Crippen molar-refractivity contribution < 1.29 is 52.1 Å². The Kier molecular flexibility index (Phi) is 15.5. The highest BCUT2D eigenvalue weighted by Crippen LogP contribution is 2.32. The van der Waals surface area contributed by atoms with Crippen molar-refractivity contribution in [2.75, 3.05) is 31.5 Å². The number of dihydropyridines is 1. The molecular formula is C42H53F3N10O8. The van der Waals surface area contributed by atoms with Gasteiger partial charge in [0.15, 0.2) is 0 Å². The van der Waals surface area contributed by atoms with E-state index in [0.717, 1.165) is 35.2 Å². The molecule has 3 aliphatic rings. The van der Waals surface area contributed by atoms with E-state index in [-0.39, 0.29) is 36.1 Å². The molecule has 63 heavy (non-hydrogen) atoms. The van der Waals surface area contributed by atoms with Crippen molar-refractivity contribution in [1.82, 2.24) is 46.8 Å². The minimum atomic E-state index is -5.08. The van der Waals surface area contributed by atoms with E-state index in [1.54, 1.807) is 24.3 Å². The average molecular weight is 883 g/mol. The second kappa shape index (κ2) is 20.6. The Bertz CT molecular complexity index is 2120. The van der Waals surface area contributed by atoms with Gasteiger partial charge in [0.1, 0.15) is 11.6 Å². The van der Waals surface area contributed by atoms with Crippen LogP contribution in [0.2, 0.25) is 0 Å². The van der Waals surface area contributed by atoms with Crippen molar-refractivity contribution in [3.63, 3.8) is 0 Å². The van der Waals surface area contributed by atoms with Crippen molar-refractivity contribution in [2.24, 2.45) is 11.8 Å². The van der Waals surface area contributed by atoms with Gasteiger partial charge < -0.3 is 46.4 Å². The Hall–Kier alpha value is -6.51. The molecule has 1 saturated heterocycles. The number of hydrogen-bond donors (Lipinski definition) is 8. The number of amides is 4. The number of allylic oxidation sites excluding steroid dienone is 2. The summed E-state index contributed by atoms with van der Waals surface area (Å²) in [7, 11) is 0. The number of carboxylic acids is 1. The van der Waals surface area contributed by atoms with Gasteiger partial charge in [0.25, 0.3) is 0 Å². The lowest BCUT2D eigenvalue weighted by molar-refractivity contribution is -0.192. The molecule has 0 radical (unpaired) electrons. The summed E-state index contributed by atoms with van der Waals surface area (Å²) in [5.74, 6) is -2.86. The molecule has 8 N–H and O–H groups in total. The average Bonchev–Trinajstić information content (AvgIpc) is 3.78. The highest BCUT2D eigenvalue weighted by atomic mass is 19.4. The summed E-state index contributed by atoms with van der Waals surface area (Å²) in [6, 6.07) is 14.1. The van der Waals surface area contributed by atoms with Crippen LogP contribution >= 0.6 is 0 Å². The lowest BCUT2D eigenvalue weighted by Crippen LogP contribution is -2.54. The van der Waals surface area contributed by atoms with Crippen LogP contribution in [0.25, 0.3) is 11.4 Å². The van der Waals surface area contributed by atoms with E-state index in [0.29, 0.717) is 50.5 Å². The maximum Gasteiger partial charge on any atom is 0.490 e. The summed E-state index contributed by atoms with van der Waals surface area (Å²) in [6.45, 7) is 9.41. The number of H-pyrrole nitrogens is 1. The number of alkyl halides is 3. The molecule has 340 valence electrons. The summed E-state index contributed by atoms with van der Waals surface area (Å²) >= 11 is 0. The van der Waals surface area contributed by atoms with Gasteiger partial charge >= 0.3 is 24.3 Å². The number of piperazine rings is 1. The minimum absolute atomic E-state index is 0.162. The molecule has 3 atom stereocenters. The maximum absolute atomic E-state index is 13.9. The van der Waals surface area contributed by atoms with Crippen LogP contribution in [-0.4, -0.2) is 116 Å². The van der Waals surface area contributed by atoms with Crippen LogP contribution in [0.15, 0.2) is 72.6 Å². The number of anilines is 1. The van der Waals surface area contributed by atoms with Crippen LogP contribution in [-0.2, 0) is 31.0 Å². The monoisotopic (exact) mass is 882 g/mol. The number of aromatic nitrogens is 4. The van der Waals surface area contributed by atoms with Crippen molar-refractivity contribution >= 4 is 35.7 Å². The number of tetrazole rings is 1. The molecule has 18 nitrogen and oxygen atoms in total. The van der Waals surface area contributed by atoms with Crippen LogP contribution in [0.5, 0.6) is 0 Å². The number of alkyl carbamates (subject to hydrolysis) is 1. The summed E-state index contributed by atoms with van der Waals surface area (Å²) < 4.78 is 37.1. The molecule has 2 aliphatic heterocycles. The SMILES string of the molecule is CC(C)(C)OC(=O)NC[C@H]1CC[C@H](C(=O)N[C@@H](Cc2ccc(C3(C)C=CNC(C4CN(C(=O)O)CCN4)=C3)cc2)C(=O)Nc2ccc(-c3nn[nH]n3)cc2)CC1.O=C(O)C(F)(F)F. The number of aromatic amines is 1. The third-order valence-electron chi connectivity index (χ3n) is 10.8. The van der Waals surface area contributed by atoms with Crippen LogP contribution in [0.4, 0.5) is 28.4 Å². The zero-order valence-corrected chi connectivity index (χ0v) is 35.3. The van der Waals surface area contributed by atoms with Gasteiger partial charge in [-0.05, 0) is 112 Å². The first-order valence-electron chi connectivity index (χ1n) is 20.4. The summed E-state index contributed by atoms with van der Waals surface area (Å²) in [4.78, 5) is 61.7. The number of nitrogens with zero attached hydrogens (tertiary/aromatic N) is 4. The first-order valence-corrected chi connectivity index (χ1v) is 20.4. The van der Waals surface area contributed by atoms with E-state index < -0.39 is 41.4 Å². The number of carbonyl (C=O) groups is 5.